The third-order valence-electron chi connectivity index (χ3n) is 4.43. The average molecular weight is 254 g/mol. The Morgan fingerprint density at radius 2 is 2.11 bits per heavy atom. The number of pyridine rings is 1. The Labute approximate surface area is 113 Å². The molecule has 19 heavy (non-hydrogen) atoms. The molecule has 2 aromatic rings. The Morgan fingerprint density at radius 1 is 1.11 bits per heavy atom. The molecule has 0 amide bonds. The highest BCUT2D eigenvalue weighted by Gasteiger charge is 2.43. The van der Waals surface area contributed by atoms with Crippen LogP contribution in [0.15, 0.2) is 36.5 Å². The van der Waals surface area contributed by atoms with Crippen molar-refractivity contribution in [1.82, 2.24) is 9.88 Å². The fourth-order valence-electron chi connectivity index (χ4n) is 3.48. The number of fused-ring (bicyclic) bond motifs is 3. The predicted octanol–water partition coefficient (Wildman–Crippen LogP) is 2.85. The van der Waals surface area contributed by atoms with Gasteiger partial charge in [0.15, 0.2) is 0 Å². The Bertz CT molecular complexity index is 603. The first-order chi connectivity index (χ1) is 9.35. The van der Waals surface area contributed by atoms with Crippen LogP contribution in [0.4, 0.5) is 0 Å². The SMILES string of the molecule is c1cc(OC23CCCN(CC2)C3)c2cccnc2c1. The van der Waals surface area contributed by atoms with E-state index >= 15 is 0 Å². The Kier molecular flexibility index (Phi) is 2.49. The Hall–Kier alpha value is -1.61. The summed E-state index contributed by atoms with van der Waals surface area (Å²) in [5.74, 6) is 0.995. The average Bonchev–Trinajstić information content (AvgIpc) is 2.74. The van der Waals surface area contributed by atoms with Gasteiger partial charge in [0.2, 0.25) is 0 Å². The van der Waals surface area contributed by atoms with Gasteiger partial charge in [0.05, 0.1) is 5.52 Å². The van der Waals surface area contributed by atoms with Gasteiger partial charge in [0.25, 0.3) is 0 Å². The standard InChI is InChI=1S/C16H18N2O/c1-5-14-13(4-2-9-17-14)15(6-1)19-16-7-3-10-18(12-16)11-8-16/h1-2,4-6,9H,3,7-8,10-12H2. The number of hydrogen-bond donors (Lipinski definition) is 0. The summed E-state index contributed by atoms with van der Waals surface area (Å²) in [6, 6.07) is 10.2. The maximum Gasteiger partial charge on any atom is 0.129 e. The zero-order valence-electron chi connectivity index (χ0n) is 11.0. The molecule has 2 fully saturated rings. The van der Waals surface area contributed by atoms with Crippen LogP contribution in [-0.2, 0) is 0 Å². The van der Waals surface area contributed by atoms with E-state index in [0.717, 1.165) is 29.6 Å². The maximum atomic E-state index is 6.47. The van der Waals surface area contributed by atoms with E-state index in [2.05, 4.69) is 22.0 Å². The van der Waals surface area contributed by atoms with Gasteiger partial charge in [-0.2, -0.15) is 0 Å². The number of benzene rings is 1. The third-order valence-corrected chi connectivity index (χ3v) is 4.43. The van der Waals surface area contributed by atoms with Crippen LogP contribution in [0.1, 0.15) is 19.3 Å². The molecule has 2 aliphatic heterocycles. The van der Waals surface area contributed by atoms with Gasteiger partial charge in [0, 0.05) is 31.1 Å². The number of piperidine rings is 1. The normalized spacial score (nSPS) is 29.6. The fourth-order valence-corrected chi connectivity index (χ4v) is 3.48. The van der Waals surface area contributed by atoms with Gasteiger partial charge >= 0.3 is 0 Å². The predicted molar refractivity (Wildman–Crippen MR) is 75.4 cm³/mol. The van der Waals surface area contributed by atoms with E-state index in [1.807, 2.05) is 24.4 Å². The molecular formula is C16H18N2O. The lowest BCUT2D eigenvalue weighted by molar-refractivity contribution is 0.0467. The quantitative estimate of drug-likeness (QED) is 0.824. The van der Waals surface area contributed by atoms with Gasteiger partial charge in [-0.3, -0.25) is 9.88 Å². The Morgan fingerprint density at radius 3 is 3.11 bits per heavy atom. The van der Waals surface area contributed by atoms with Gasteiger partial charge in [-0.05, 0) is 43.7 Å². The lowest BCUT2D eigenvalue weighted by atomic mass is 9.94. The van der Waals surface area contributed by atoms with Crippen LogP contribution < -0.4 is 4.74 Å². The summed E-state index contributed by atoms with van der Waals surface area (Å²) in [4.78, 5) is 6.92. The minimum atomic E-state index is 0.0440. The summed E-state index contributed by atoms with van der Waals surface area (Å²) < 4.78 is 6.47. The van der Waals surface area contributed by atoms with Crippen LogP contribution in [0.2, 0.25) is 0 Å². The molecule has 2 saturated heterocycles. The van der Waals surface area contributed by atoms with Crippen LogP contribution in [0.25, 0.3) is 10.9 Å². The first-order valence-electron chi connectivity index (χ1n) is 7.10. The first kappa shape index (κ1) is 11.2. The van der Waals surface area contributed by atoms with E-state index in [1.54, 1.807) is 0 Å². The highest BCUT2D eigenvalue weighted by Crippen LogP contribution is 2.37. The van der Waals surface area contributed by atoms with Crippen molar-refractivity contribution in [2.24, 2.45) is 0 Å². The van der Waals surface area contributed by atoms with E-state index in [-0.39, 0.29) is 5.60 Å². The van der Waals surface area contributed by atoms with E-state index < -0.39 is 0 Å². The Balaban J connectivity index is 1.72. The first-order valence-corrected chi connectivity index (χ1v) is 7.10. The van der Waals surface area contributed by atoms with E-state index in [4.69, 9.17) is 4.74 Å². The molecule has 98 valence electrons. The molecule has 2 unspecified atom stereocenters. The largest absolute Gasteiger partial charge is 0.485 e. The van der Waals surface area contributed by atoms with Crippen molar-refractivity contribution in [3.8, 4) is 5.75 Å². The molecule has 1 aromatic carbocycles. The number of nitrogens with zero attached hydrogens (tertiary/aromatic N) is 2. The van der Waals surface area contributed by atoms with Gasteiger partial charge in [-0.15, -0.1) is 0 Å². The van der Waals surface area contributed by atoms with Crippen molar-refractivity contribution >= 4 is 10.9 Å². The van der Waals surface area contributed by atoms with E-state index in [9.17, 15) is 0 Å². The molecule has 0 N–H and O–H groups in total. The van der Waals surface area contributed by atoms with Gasteiger partial charge in [-0.25, -0.2) is 0 Å². The summed E-state index contributed by atoms with van der Waals surface area (Å²) in [6.45, 7) is 3.51. The molecule has 2 bridgehead atoms. The molecule has 4 rings (SSSR count). The zero-order chi connectivity index (χ0) is 12.7. The van der Waals surface area contributed by atoms with E-state index in [1.165, 1.54) is 25.9 Å². The van der Waals surface area contributed by atoms with Crippen LogP contribution in [-0.4, -0.2) is 35.1 Å². The van der Waals surface area contributed by atoms with Crippen LogP contribution in [0.3, 0.4) is 0 Å². The summed E-state index contributed by atoms with van der Waals surface area (Å²) in [5, 5.41) is 1.13. The van der Waals surface area contributed by atoms with Gasteiger partial charge in [0.1, 0.15) is 11.4 Å². The number of hydrogen-bond acceptors (Lipinski definition) is 3. The maximum absolute atomic E-state index is 6.47. The molecule has 0 spiro atoms. The summed E-state index contributed by atoms with van der Waals surface area (Å²) in [6.07, 6.45) is 5.43. The second kappa shape index (κ2) is 4.20. The molecule has 3 nitrogen and oxygen atoms in total. The molecule has 3 heterocycles. The minimum Gasteiger partial charge on any atom is -0.485 e. The lowest BCUT2D eigenvalue weighted by Gasteiger charge is -2.34. The molecule has 0 aliphatic carbocycles. The summed E-state index contributed by atoms with van der Waals surface area (Å²) in [5.41, 5.74) is 1.06. The number of ether oxygens (including phenoxy) is 1. The van der Waals surface area contributed by atoms with E-state index in [0.29, 0.717) is 0 Å². The molecule has 2 atom stereocenters. The van der Waals surface area contributed by atoms with Crippen molar-refractivity contribution in [2.45, 2.75) is 24.9 Å². The second-order valence-electron chi connectivity index (χ2n) is 5.74. The van der Waals surface area contributed by atoms with Crippen molar-refractivity contribution in [3.05, 3.63) is 36.5 Å². The highest BCUT2D eigenvalue weighted by molar-refractivity contribution is 5.84. The number of rotatable bonds is 2. The minimum absolute atomic E-state index is 0.0440. The third kappa shape index (κ3) is 1.89. The molecule has 0 radical (unpaired) electrons. The molecule has 3 heteroatoms. The smallest absolute Gasteiger partial charge is 0.129 e. The van der Waals surface area contributed by atoms with Gasteiger partial charge in [-0.1, -0.05) is 6.07 Å². The fraction of sp³-hybridized carbons (Fsp3) is 0.438. The zero-order valence-corrected chi connectivity index (χ0v) is 11.0. The number of aromatic nitrogens is 1. The molecule has 1 aromatic heterocycles. The van der Waals surface area contributed by atoms with Crippen LogP contribution in [0.5, 0.6) is 5.75 Å². The lowest BCUT2D eigenvalue weighted by Crippen LogP contribution is -2.43. The van der Waals surface area contributed by atoms with Crippen molar-refractivity contribution in [1.29, 1.82) is 0 Å². The van der Waals surface area contributed by atoms with Crippen molar-refractivity contribution in [3.63, 3.8) is 0 Å². The van der Waals surface area contributed by atoms with Crippen molar-refractivity contribution < 1.29 is 4.74 Å². The topological polar surface area (TPSA) is 25.4 Å². The van der Waals surface area contributed by atoms with Gasteiger partial charge < -0.3 is 4.74 Å². The monoisotopic (exact) mass is 254 g/mol. The van der Waals surface area contributed by atoms with Crippen LogP contribution in [0, 0.1) is 0 Å². The summed E-state index contributed by atoms with van der Waals surface area (Å²) >= 11 is 0. The second-order valence-corrected chi connectivity index (χ2v) is 5.74. The highest BCUT2D eigenvalue weighted by atomic mass is 16.5. The molecule has 0 saturated carbocycles. The molecular weight excluding hydrogens is 236 g/mol. The van der Waals surface area contributed by atoms with Crippen LogP contribution >= 0.6 is 0 Å². The summed E-state index contributed by atoms with van der Waals surface area (Å²) in [7, 11) is 0. The van der Waals surface area contributed by atoms with Crippen molar-refractivity contribution in [2.75, 3.05) is 19.6 Å². The molecule has 2 aliphatic rings.